The molecule has 2 heterocycles. The fraction of sp³-hybridized carbons (Fsp3) is 0.455. The van der Waals surface area contributed by atoms with Crippen molar-refractivity contribution in [2.45, 2.75) is 32.7 Å². The first-order valence-electron chi connectivity index (χ1n) is 9.69. The molecule has 1 saturated heterocycles. The summed E-state index contributed by atoms with van der Waals surface area (Å²) in [6, 6.07) is 13.3. The molecular formula is C22H29N3O. The minimum atomic E-state index is -0.0277. The van der Waals surface area contributed by atoms with Crippen molar-refractivity contribution in [1.29, 1.82) is 0 Å². The van der Waals surface area contributed by atoms with Gasteiger partial charge in [0.05, 0.1) is 6.61 Å². The van der Waals surface area contributed by atoms with E-state index in [1.54, 1.807) is 0 Å². The number of rotatable bonds is 4. The lowest BCUT2D eigenvalue weighted by Gasteiger charge is -2.36. The van der Waals surface area contributed by atoms with Crippen LogP contribution in [0.25, 0.3) is 0 Å². The Balaban J connectivity index is 1.64. The Labute approximate surface area is 156 Å². The first-order valence-corrected chi connectivity index (χ1v) is 9.69. The molecule has 0 spiro atoms. The van der Waals surface area contributed by atoms with E-state index < -0.39 is 0 Å². The van der Waals surface area contributed by atoms with Crippen molar-refractivity contribution in [2.75, 3.05) is 38.1 Å². The number of benzene rings is 2. The van der Waals surface area contributed by atoms with E-state index in [0.717, 1.165) is 44.2 Å². The molecule has 4 nitrogen and oxygen atoms in total. The number of nitrogens with one attached hydrogen (secondary N) is 2. The quantitative estimate of drug-likeness (QED) is 0.877. The summed E-state index contributed by atoms with van der Waals surface area (Å²) < 4.78 is 5.68. The van der Waals surface area contributed by atoms with Crippen molar-refractivity contribution < 1.29 is 4.74 Å². The van der Waals surface area contributed by atoms with E-state index in [-0.39, 0.29) is 5.41 Å². The lowest BCUT2D eigenvalue weighted by atomic mass is 9.74. The van der Waals surface area contributed by atoms with Gasteiger partial charge in [0.2, 0.25) is 0 Å². The van der Waals surface area contributed by atoms with Gasteiger partial charge in [-0.15, -0.1) is 0 Å². The van der Waals surface area contributed by atoms with Gasteiger partial charge in [-0.2, -0.15) is 0 Å². The first-order chi connectivity index (χ1) is 12.6. The number of hydrogen-bond acceptors (Lipinski definition) is 4. The molecule has 1 fully saturated rings. The van der Waals surface area contributed by atoms with Crippen molar-refractivity contribution >= 4 is 11.4 Å². The average molecular weight is 351 g/mol. The van der Waals surface area contributed by atoms with Crippen molar-refractivity contribution in [1.82, 2.24) is 10.2 Å². The number of piperazine rings is 1. The zero-order valence-electron chi connectivity index (χ0n) is 16.1. The number of fused-ring (bicyclic) bond motifs is 2. The molecule has 2 aliphatic heterocycles. The van der Waals surface area contributed by atoms with Crippen LogP contribution in [0.4, 0.5) is 11.4 Å². The van der Waals surface area contributed by atoms with Gasteiger partial charge in [-0.3, -0.25) is 4.90 Å². The zero-order chi connectivity index (χ0) is 18.1. The van der Waals surface area contributed by atoms with Crippen LogP contribution in [0, 0.1) is 0 Å². The van der Waals surface area contributed by atoms with Crippen molar-refractivity contribution in [3.8, 4) is 5.75 Å². The standard InChI is InChI=1S/C22H29N3O/c1-4-26-17-6-7-18-21(14-17)24-20-8-5-16(13-19(20)22(18,2)3)15-25-11-9-23-10-12-25/h5-8,13-14,23-24H,4,9-12,15H2,1-3H3. The molecule has 0 unspecified atom stereocenters. The van der Waals surface area contributed by atoms with Crippen LogP contribution in [0.5, 0.6) is 5.75 Å². The number of nitrogens with zero attached hydrogens (tertiary/aromatic N) is 1. The van der Waals surface area contributed by atoms with Crippen molar-refractivity contribution in [3.05, 3.63) is 53.1 Å². The van der Waals surface area contributed by atoms with E-state index in [9.17, 15) is 0 Å². The van der Waals surface area contributed by atoms with Crippen LogP contribution in [-0.2, 0) is 12.0 Å². The summed E-state index contributed by atoms with van der Waals surface area (Å²) in [4.78, 5) is 2.53. The fourth-order valence-electron chi connectivity index (χ4n) is 4.16. The topological polar surface area (TPSA) is 36.5 Å². The number of ether oxygens (including phenoxy) is 1. The van der Waals surface area contributed by atoms with Gasteiger partial charge in [0.25, 0.3) is 0 Å². The molecule has 4 rings (SSSR count). The maximum atomic E-state index is 5.68. The Morgan fingerprint density at radius 3 is 2.58 bits per heavy atom. The Bertz CT molecular complexity index is 794. The number of hydrogen-bond donors (Lipinski definition) is 2. The minimum Gasteiger partial charge on any atom is -0.494 e. The average Bonchev–Trinajstić information content (AvgIpc) is 2.63. The van der Waals surface area contributed by atoms with Crippen LogP contribution in [0.2, 0.25) is 0 Å². The molecule has 2 aromatic carbocycles. The highest BCUT2D eigenvalue weighted by molar-refractivity contribution is 5.76. The molecule has 26 heavy (non-hydrogen) atoms. The summed E-state index contributed by atoms with van der Waals surface area (Å²) in [6.45, 7) is 12.8. The molecule has 0 aliphatic carbocycles. The molecule has 0 amide bonds. The summed E-state index contributed by atoms with van der Waals surface area (Å²) in [5.74, 6) is 0.924. The molecule has 2 aromatic rings. The predicted molar refractivity (Wildman–Crippen MR) is 108 cm³/mol. The lowest BCUT2D eigenvalue weighted by Crippen LogP contribution is -2.42. The molecule has 2 N–H and O–H groups in total. The Morgan fingerprint density at radius 2 is 1.81 bits per heavy atom. The summed E-state index contributed by atoms with van der Waals surface area (Å²) >= 11 is 0. The molecule has 0 atom stereocenters. The predicted octanol–water partition coefficient (Wildman–Crippen LogP) is 3.87. The van der Waals surface area contributed by atoms with Crippen LogP contribution >= 0.6 is 0 Å². The third kappa shape index (κ3) is 3.19. The molecule has 0 radical (unpaired) electrons. The highest BCUT2D eigenvalue weighted by Gasteiger charge is 2.33. The van der Waals surface area contributed by atoms with Gasteiger partial charge in [-0.25, -0.2) is 0 Å². The number of anilines is 2. The Hall–Kier alpha value is -2.04. The van der Waals surface area contributed by atoms with Crippen LogP contribution < -0.4 is 15.4 Å². The summed E-state index contributed by atoms with van der Waals surface area (Å²) in [6.07, 6.45) is 0. The molecule has 138 valence electrons. The largest absolute Gasteiger partial charge is 0.494 e. The fourth-order valence-corrected chi connectivity index (χ4v) is 4.16. The van der Waals surface area contributed by atoms with E-state index in [4.69, 9.17) is 4.74 Å². The van der Waals surface area contributed by atoms with E-state index in [0.29, 0.717) is 6.61 Å². The second-order valence-electron chi connectivity index (χ2n) is 7.80. The van der Waals surface area contributed by atoms with E-state index in [2.05, 4.69) is 65.8 Å². The summed E-state index contributed by atoms with van der Waals surface area (Å²) in [5, 5.41) is 7.05. The lowest BCUT2D eigenvalue weighted by molar-refractivity contribution is 0.233. The second-order valence-corrected chi connectivity index (χ2v) is 7.80. The molecule has 0 saturated carbocycles. The van der Waals surface area contributed by atoms with Crippen LogP contribution in [0.1, 0.15) is 37.5 Å². The third-order valence-corrected chi connectivity index (χ3v) is 5.62. The molecule has 4 heteroatoms. The van der Waals surface area contributed by atoms with E-state index in [1.807, 2.05) is 6.92 Å². The van der Waals surface area contributed by atoms with Gasteiger partial charge in [0, 0.05) is 55.6 Å². The monoisotopic (exact) mass is 351 g/mol. The molecule has 0 aromatic heterocycles. The van der Waals surface area contributed by atoms with Gasteiger partial charge in [-0.1, -0.05) is 32.0 Å². The molecule has 2 aliphatic rings. The summed E-state index contributed by atoms with van der Waals surface area (Å²) in [7, 11) is 0. The zero-order valence-corrected chi connectivity index (χ0v) is 16.1. The first kappa shape index (κ1) is 17.4. The Morgan fingerprint density at radius 1 is 1.00 bits per heavy atom. The summed E-state index contributed by atoms with van der Waals surface area (Å²) in [5.41, 5.74) is 6.44. The van der Waals surface area contributed by atoms with Crippen molar-refractivity contribution in [3.63, 3.8) is 0 Å². The van der Waals surface area contributed by atoms with Gasteiger partial charge in [0.15, 0.2) is 0 Å². The molecule has 0 bridgehead atoms. The van der Waals surface area contributed by atoms with E-state index >= 15 is 0 Å². The maximum absolute atomic E-state index is 5.68. The van der Waals surface area contributed by atoms with E-state index in [1.165, 1.54) is 22.4 Å². The maximum Gasteiger partial charge on any atom is 0.121 e. The van der Waals surface area contributed by atoms with Gasteiger partial charge >= 0.3 is 0 Å². The van der Waals surface area contributed by atoms with Gasteiger partial charge in [-0.05, 0) is 35.7 Å². The normalized spacial score (nSPS) is 18.6. The van der Waals surface area contributed by atoms with Gasteiger partial charge < -0.3 is 15.4 Å². The van der Waals surface area contributed by atoms with Crippen LogP contribution in [0.15, 0.2) is 36.4 Å². The van der Waals surface area contributed by atoms with Gasteiger partial charge in [0.1, 0.15) is 5.75 Å². The highest BCUT2D eigenvalue weighted by atomic mass is 16.5. The second kappa shape index (κ2) is 6.93. The minimum absolute atomic E-state index is 0.0277. The van der Waals surface area contributed by atoms with Crippen LogP contribution in [0.3, 0.4) is 0 Å². The highest BCUT2D eigenvalue weighted by Crippen LogP contribution is 2.46. The molecular weight excluding hydrogens is 322 g/mol. The van der Waals surface area contributed by atoms with Crippen molar-refractivity contribution in [2.24, 2.45) is 0 Å². The smallest absolute Gasteiger partial charge is 0.121 e. The van der Waals surface area contributed by atoms with Crippen LogP contribution in [-0.4, -0.2) is 37.7 Å². The third-order valence-electron chi connectivity index (χ3n) is 5.62. The SMILES string of the molecule is CCOc1ccc2c(c1)Nc1ccc(CN3CCNCC3)cc1C2(C)C. The Kier molecular flexibility index (Phi) is 4.63.